The molecule has 3 heteroatoms. The van der Waals surface area contributed by atoms with Crippen molar-refractivity contribution in [2.75, 3.05) is 0 Å². The van der Waals surface area contributed by atoms with Crippen molar-refractivity contribution in [2.45, 2.75) is 18.8 Å². The molecule has 1 fully saturated rings. The number of nitrogens with zero attached hydrogens (tertiary/aromatic N) is 1. The van der Waals surface area contributed by atoms with Crippen molar-refractivity contribution in [3.8, 4) is 11.3 Å². The number of aromatic nitrogens is 2. The standard InChI is InChI=1S/C12H11ClN2/c13-10-4-2-1-3-9(10)12-7-11(14-15-12)8-5-6-8/h1-4,7-8H,5-6H2,(H,14,15). The summed E-state index contributed by atoms with van der Waals surface area (Å²) in [7, 11) is 0. The van der Waals surface area contributed by atoms with Crippen LogP contribution in [0.5, 0.6) is 0 Å². The number of benzene rings is 1. The van der Waals surface area contributed by atoms with Gasteiger partial charge in [0.15, 0.2) is 0 Å². The summed E-state index contributed by atoms with van der Waals surface area (Å²) >= 11 is 6.11. The third kappa shape index (κ3) is 1.65. The second-order valence-electron chi connectivity index (χ2n) is 3.96. The molecule has 1 N–H and O–H groups in total. The van der Waals surface area contributed by atoms with Crippen LogP contribution >= 0.6 is 11.6 Å². The fourth-order valence-corrected chi connectivity index (χ4v) is 1.98. The number of halogens is 1. The summed E-state index contributed by atoms with van der Waals surface area (Å²) in [6.45, 7) is 0. The fraction of sp³-hybridized carbons (Fsp3) is 0.250. The minimum absolute atomic E-state index is 0.703. The summed E-state index contributed by atoms with van der Waals surface area (Å²) in [6, 6.07) is 9.91. The lowest BCUT2D eigenvalue weighted by Gasteiger charge is -1.97. The highest BCUT2D eigenvalue weighted by Crippen LogP contribution is 2.40. The van der Waals surface area contributed by atoms with E-state index >= 15 is 0 Å². The van der Waals surface area contributed by atoms with E-state index in [2.05, 4.69) is 16.3 Å². The summed E-state index contributed by atoms with van der Waals surface area (Å²) in [4.78, 5) is 0. The average molecular weight is 219 g/mol. The zero-order valence-corrected chi connectivity index (χ0v) is 8.96. The van der Waals surface area contributed by atoms with E-state index in [0.29, 0.717) is 5.92 Å². The maximum atomic E-state index is 6.11. The van der Waals surface area contributed by atoms with E-state index in [1.54, 1.807) is 0 Å². The van der Waals surface area contributed by atoms with Gasteiger partial charge < -0.3 is 0 Å². The maximum Gasteiger partial charge on any atom is 0.0938 e. The number of nitrogens with one attached hydrogen (secondary N) is 1. The van der Waals surface area contributed by atoms with Crippen LogP contribution in [0.3, 0.4) is 0 Å². The third-order valence-corrected chi connectivity index (χ3v) is 3.09. The summed E-state index contributed by atoms with van der Waals surface area (Å²) in [5.74, 6) is 0.703. The summed E-state index contributed by atoms with van der Waals surface area (Å²) in [5, 5.41) is 8.14. The SMILES string of the molecule is Clc1ccccc1-c1cc(C2CC2)[nH]n1. The van der Waals surface area contributed by atoms with Gasteiger partial charge in [-0.2, -0.15) is 5.10 Å². The van der Waals surface area contributed by atoms with Gasteiger partial charge in [0.1, 0.15) is 0 Å². The molecule has 0 spiro atoms. The molecule has 1 aliphatic rings. The molecule has 0 bridgehead atoms. The number of hydrogen-bond donors (Lipinski definition) is 1. The van der Waals surface area contributed by atoms with E-state index in [0.717, 1.165) is 16.3 Å². The quantitative estimate of drug-likeness (QED) is 0.820. The molecule has 1 aromatic heterocycles. The summed E-state index contributed by atoms with van der Waals surface area (Å²) < 4.78 is 0. The summed E-state index contributed by atoms with van der Waals surface area (Å²) in [5.41, 5.74) is 3.19. The number of rotatable bonds is 2. The Bertz CT molecular complexity index is 486. The van der Waals surface area contributed by atoms with Crippen LogP contribution in [0.2, 0.25) is 5.02 Å². The highest BCUT2D eigenvalue weighted by atomic mass is 35.5. The third-order valence-electron chi connectivity index (χ3n) is 2.76. The lowest BCUT2D eigenvalue weighted by atomic mass is 10.1. The monoisotopic (exact) mass is 218 g/mol. The van der Waals surface area contributed by atoms with Gasteiger partial charge in [0, 0.05) is 17.2 Å². The first-order chi connectivity index (χ1) is 7.34. The van der Waals surface area contributed by atoms with Crippen LogP contribution in [0.25, 0.3) is 11.3 Å². The van der Waals surface area contributed by atoms with Gasteiger partial charge in [-0.3, -0.25) is 5.10 Å². The predicted molar refractivity (Wildman–Crippen MR) is 61.0 cm³/mol. The van der Waals surface area contributed by atoms with Gasteiger partial charge in [0.2, 0.25) is 0 Å². The Morgan fingerprint density at radius 2 is 2.07 bits per heavy atom. The van der Waals surface area contributed by atoms with Crippen molar-refractivity contribution < 1.29 is 0 Å². The zero-order valence-electron chi connectivity index (χ0n) is 8.20. The highest BCUT2D eigenvalue weighted by Gasteiger charge is 2.25. The van der Waals surface area contributed by atoms with Crippen LogP contribution in [-0.2, 0) is 0 Å². The van der Waals surface area contributed by atoms with Crippen molar-refractivity contribution in [1.82, 2.24) is 10.2 Å². The van der Waals surface area contributed by atoms with Crippen LogP contribution in [0.4, 0.5) is 0 Å². The van der Waals surface area contributed by atoms with Crippen molar-refractivity contribution >= 4 is 11.6 Å². The summed E-state index contributed by atoms with van der Waals surface area (Å²) in [6.07, 6.45) is 2.56. The molecule has 76 valence electrons. The van der Waals surface area contributed by atoms with E-state index in [1.165, 1.54) is 18.5 Å². The van der Waals surface area contributed by atoms with Crippen LogP contribution in [0.1, 0.15) is 24.5 Å². The molecule has 0 amide bonds. The molecule has 0 unspecified atom stereocenters. The van der Waals surface area contributed by atoms with Crippen LogP contribution in [-0.4, -0.2) is 10.2 Å². The Morgan fingerprint density at radius 1 is 1.27 bits per heavy atom. The molecule has 0 aliphatic heterocycles. The highest BCUT2D eigenvalue weighted by molar-refractivity contribution is 6.33. The first-order valence-electron chi connectivity index (χ1n) is 5.15. The number of hydrogen-bond acceptors (Lipinski definition) is 1. The van der Waals surface area contributed by atoms with Crippen LogP contribution < -0.4 is 0 Å². The van der Waals surface area contributed by atoms with Crippen molar-refractivity contribution in [3.63, 3.8) is 0 Å². The molecular weight excluding hydrogens is 208 g/mol. The zero-order chi connectivity index (χ0) is 10.3. The van der Waals surface area contributed by atoms with Crippen molar-refractivity contribution in [1.29, 1.82) is 0 Å². The van der Waals surface area contributed by atoms with E-state index in [1.807, 2.05) is 24.3 Å². The molecule has 0 atom stereocenters. The Labute approximate surface area is 93.3 Å². The largest absolute Gasteiger partial charge is 0.282 e. The maximum absolute atomic E-state index is 6.11. The molecular formula is C12H11ClN2. The Hall–Kier alpha value is -1.28. The van der Waals surface area contributed by atoms with Gasteiger partial charge in [-0.25, -0.2) is 0 Å². The van der Waals surface area contributed by atoms with Crippen molar-refractivity contribution in [3.05, 3.63) is 41.0 Å². The molecule has 1 aromatic carbocycles. The number of H-pyrrole nitrogens is 1. The van der Waals surface area contributed by atoms with Gasteiger partial charge in [0.05, 0.1) is 10.7 Å². The van der Waals surface area contributed by atoms with E-state index in [4.69, 9.17) is 11.6 Å². The molecule has 1 aliphatic carbocycles. The molecule has 3 rings (SSSR count). The molecule has 15 heavy (non-hydrogen) atoms. The van der Waals surface area contributed by atoms with Gasteiger partial charge in [-0.05, 0) is 25.0 Å². The molecule has 0 saturated heterocycles. The van der Waals surface area contributed by atoms with Gasteiger partial charge in [0.25, 0.3) is 0 Å². The Kier molecular flexibility index (Phi) is 2.03. The lowest BCUT2D eigenvalue weighted by Crippen LogP contribution is -1.78. The van der Waals surface area contributed by atoms with Crippen LogP contribution in [0, 0.1) is 0 Å². The van der Waals surface area contributed by atoms with E-state index in [9.17, 15) is 0 Å². The fourth-order valence-electron chi connectivity index (χ4n) is 1.75. The van der Waals surface area contributed by atoms with E-state index in [-0.39, 0.29) is 0 Å². The molecule has 2 aromatic rings. The minimum Gasteiger partial charge on any atom is -0.282 e. The Balaban J connectivity index is 2.01. The minimum atomic E-state index is 0.703. The van der Waals surface area contributed by atoms with Gasteiger partial charge in [-0.15, -0.1) is 0 Å². The van der Waals surface area contributed by atoms with Gasteiger partial charge in [-0.1, -0.05) is 29.8 Å². The average Bonchev–Trinajstić information content (AvgIpc) is 2.99. The molecule has 2 nitrogen and oxygen atoms in total. The van der Waals surface area contributed by atoms with Crippen LogP contribution in [0.15, 0.2) is 30.3 Å². The molecule has 1 saturated carbocycles. The molecule has 0 radical (unpaired) electrons. The smallest absolute Gasteiger partial charge is 0.0938 e. The number of aromatic amines is 1. The normalized spacial score (nSPS) is 15.5. The topological polar surface area (TPSA) is 28.7 Å². The van der Waals surface area contributed by atoms with Gasteiger partial charge >= 0.3 is 0 Å². The molecule has 1 heterocycles. The predicted octanol–water partition coefficient (Wildman–Crippen LogP) is 3.61. The Morgan fingerprint density at radius 3 is 2.80 bits per heavy atom. The van der Waals surface area contributed by atoms with Crippen molar-refractivity contribution in [2.24, 2.45) is 0 Å². The van der Waals surface area contributed by atoms with E-state index < -0.39 is 0 Å². The lowest BCUT2D eigenvalue weighted by molar-refractivity contribution is 0.967. The first kappa shape index (κ1) is 8.98. The second kappa shape index (κ2) is 3.38. The second-order valence-corrected chi connectivity index (χ2v) is 4.37. The first-order valence-corrected chi connectivity index (χ1v) is 5.52.